The highest BCUT2D eigenvalue weighted by molar-refractivity contribution is 7.98. The van der Waals surface area contributed by atoms with Crippen LogP contribution in [0.5, 0.6) is 0 Å². The Morgan fingerprint density at radius 3 is 2.79 bits per heavy atom. The number of carbonyl (C=O) groups excluding carboxylic acids is 1. The predicted octanol–water partition coefficient (Wildman–Crippen LogP) is 4.73. The molecule has 3 aromatic rings. The van der Waals surface area contributed by atoms with E-state index >= 15 is 0 Å². The Bertz CT molecular complexity index is 949. The van der Waals surface area contributed by atoms with Gasteiger partial charge in [-0.15, -0.1) is 21.5 Å². The molecule has 8 heteroatoms. The summed E-state index contributed by atoms with van der Waals surface area (Å²) in [6.45, 7) is 5.56. The van der Waals surface area contributed by atoms with Crippen molar-refractivity contribution in [1.82, 2.24) is 20.1 Å². The second kappa shape index (κ2) is 8.45. The molecule has 2 aromatic heterocycles. The first kappa shape index (κ1) is 19.1. The van der Waals surface area contributed by atoms with Crippen LogP contribution >= 0.6 is 23.1 Å². The first-order valence-corrected chi connectivity index (χ1v) is 11.2. The average molecular weight is 415 g/mol. The predicted molar refractivity (Wildman–Crippen MR) is 110 cm³/mol. The molecule has 1 aliphatic heterocycles. The highest BCUT2D eigenvalue weighted by Gasteiger charge is 2.22. The second-order valence-corrected chi connectivity index (χ2v) is 8.87. The normalized spacial score (nSPS) is 14.4. The molecule has 1 amide bonds. The maximum Gasteiger partial charge on any atom is 0.277 e. The zero-order valence-corrected chi connectivity index (χ0v) is 17.6. The largest absolute Gasteiger partial charge is 0.414 e. The van der Waals surface area contributed by atoms with Gasteiger partial charge >= 0.3 is 0 Å². The van der Waals surface area contributed by atoms with Crippen LogP contribution in [0.3, 0.4) is 0 Å². The Morgan fingerprint density at radius 2 is 2.07 bits per heavy atom. The van der Waals surface area contributed by atoms with Crippen LogP contribution < -0.4 is 0 Å². The van der Waals surface area contributed by atoms with E-state index in [1.54, 1.807) is 16.2 Å². The van der Waals surface area contributed by atoms with E-state index in [2.05, 4.69) is 53.7 Å². The summed E-state index contributed by atoms with van der Waals surface area (Å²) in [7, 11) is 0. The molecule has 28 heavy (non-hydrogen) atoms. The zero-order valence-electron chi connectivity index (χ0n) is 15.9. The standard InChI is InChI=1S/C20H22N4O2S2/c1-13(2)14-5-7-15(8-6-14)19-21-16(11-27-19)12-28-20-23-22-17(26-20)10-24-9-3-4-18(24)25/h5-8,11,13H,3-4,9-10,12H2,1-2H3. The number of rotatable bonds is 7. The Labute approximate surface area is 172 Å². The van der Waals surface area contributed by atoms with Gasteiger partial charge in [0.05, 0.1) is 12.2 Å². The number of thiazole rings is 1. The fourth-order valence-electron chi connectivity index (χ4n) is 3.05. The molecule has 0 atom stereocenters. The summed E-state index contributed by atoms with van der Waals surface area (Å²) >= 11 is 3.11. The lowest BCUT2D eigenvalue weighted by Gasteiger charge is -2.11. The third kappa shape index (κ3) is 4.44. The van der Waals surface area contributed by atoms with Gasteiger partial charge in [-0.2, -0.15) is 0 Å². The molecule has 3 heterocycles. The number of likely N-dealkylation sites (tertiary alicyclic amines) is 1. The average Bonchev–Trinajstić information content (AvgIpc) is 3.43. The first-order chi connectivity index (χ1) is 13.6. The summed E-state index contributed by atoms with van der Waals surface area (Å²) in [5.74, 6) is 1.84. The molecule has 0 unspecified atom stereocenters. The molecule has 1 aliphatic rings. The number of carbonyl (C=O) groups is 1. The van der Waals surface area contributed by atoms with Crippen molar-refractivity contribution in [1.29, 1.82) is 0 Å². The van der Waals surface area contributed by atoms with Gasteiger partial charge in [0, 0.05) is 29.7 Å². The Hall–Kier alpha value is -2.19. The molecule has 1 aromatic carbocycles. The van der Waals surface area contributed by atoms with Crippen LogP contribution in [0.15, 0.2) is 39.3 Å². The zero-order chi connectivity index (χ0) is 19.5. The van der Waals surface area contributed by atoms with Gasteiger partial charge < -0.3 is 9.32 Å². The van der Waals surface area contributed by atoms with Gasteiger partial charge in [-0.1, -0.05) is 49.9 Å². The highest BCUT2D eigenvalue weighted by atomic mass is 32.2. The van der Waals surface area contributed by atoms with E-state index in [0.717, 1.165) is 29.2 Å². The first-order valence-electron chi connectivity index (χ1n) is 9.36. The van der Waals surface area contributed by atoms with E-state index in [9.17, 15) is 4.79 Å². The van der Waals surface area contributed by atoms with Crippen molar-refractivity contribution in [3.63, 3.8) is 0 Å². The molecule has 0 bridgehead atoms. The number of nitrogens with zero attached hydrogens (tertiary/aromatic N) is 4. The highest BCUT2D eigenvalue weighted by Crippen LogP contribution is 2.29. The van der Waals surface area contributed by atoms with E-state index in [-0.39, 0.29) is 5.91 Å². The molecule has 1 fully saturated rings. The number of amides is 1. The third-order valence-corrected chi connectivity index (χ3v) is 6.46. The van der Waals surface area contributed by atoms with E-state index < -0.39 is 0 Å². The number of hydrogen-bond donors (Lipinski definition) is 0. The SMILES string of the molecule is CC(C)c1ccc(-c2nc(CSc3nnc(CN4CCCC4=O)o3)cs2)cc1. The summed E-state index contributed by atoms with van der Waals surface area (Å²) in [5, 5.41) is 11.7. The monoisotopic (exact) mass is 414 g/mol. The van der Waals surface area contributed by atoms with Gasteiger partial charge in [-0.25, -0.2) is 4.98 Å². The Morgan fingerprint density at radius 1 is 1.25 bits per heavy atom. The minimum absolute atomic E-state index is 0.156. The van der Waals surface area contributed by atoms with E-state index in [1.165, 1.54) is 17.3 Å². The number of aromatic nitrogens is 3. The Kier molecular flexibility index (Phi) is 5.77. The van der Waals surface area contributed by atoms with Crippen molar-refractivity contribution in [2.75, 3.05) is 6.54 Å². The molecule has 6 nitrogen and oxygen atoms in total. The minimum atomic E-state index is 0.156. The van der Waals surface area contributed by atoms with Crippen molar-refractivity contribution in [3.05, 3.63) is 46.8 Å². The summed E-state index contributed by atoms with van der Waals surface area (Å²) < 4.78 is 5.67. The lowest BCUT2D eigenvalue weighted by Crippen LogP contribution is -2.23. The van der Waals surface area contributed by atoms with Crippen molar-refractivity contribution >= 4 is 29.0 Å². The van der Waals surface area contributed by atoms with E-state index in [1.807, 2.05) is 0 Å². The van der Waals surface area contributed by atoms with E-state index in [0.29, 0.717) is 35.7 Å². The molecule has 0 saturated carbocycles. The van der Waals surface area contributed by atoms with Crippen LogP contribution in [0.2, 0.25) is 0 Å². The van der Waals surface area contributed by atoms with Gasteiger partial charge in [0.1, 0.15) is 5.01 Å². The summed E-state index contributed by atoms with van der Waals surface area (Å²) in [6.07, 6.45) is 1.52. The second-order valence-electron chi connectivity index (χ2n) is 7.09. The molecular weight excluding hydrogens is 392 g/mol. The third-order valence-electron chi connectivity index (χ3n) is 4.67. The molecule has 0 spiro atoms. The smallest absolute Gasteiger partial charge is 0.277 e. The number of thioether (sulfide) groups is 1. The fraction of sp³-hybridized carbons (Fsp3) is 0.400. The van der Waals surface area contributed by atoms with Gasteiger partial charge in [-0.3, -0.25) is 4.79 Å². The van der Waals surface area contributed by atoms with Gasteiger partial charge in [-0.05, 0) is 17.9 Å². The van der Waals surface area contributed by atoms with Gasteiger partial charge in [0.15, 0.2) is 0 Å². The molecule has 4 rings (SSSR count). The lowest BCUT2D eigenvalue weighted by molar-refractivity contribution is -0.128. The molecule has 1 saturated heterocycles. The van der Waals surface area contributed by atoms with Crippen LogP contribution in [-0.2, 0) is 17.1 Å². The Balaban J connectivity index is 1.34. The van der Waals surface area contributed by atoms with Gasteiger partial charge in [0.25, 0.3) is 5.22 Å². The van der Waals surface area contributed by atoms with Crippen LogP contribution in [-0.4, -0.2) is 32.5 Å². The summed E-state index contributed by atoms with van der Waals surface area (Å²) in [4.78, 5) is 18.2. The van der Waals surface area contributed by atoms with Crippen LogP contribution in [0, 0.1) is 0 Å². The van der Waals surface area contributed by atoms with Crippen molar-refractivity contribution in [2.24, 2.45) is 0 Å². The van der Waals surface area contributed by atoms with Gasteiger partial charge in [0.2, 0.25) is 11.8 Å². The number of benzene rings is 1. The quantitative estimate of drug-likeness (QED) is 0.521. The number of hydrogen-bond acceptors (Lipinski definition) is 7. The molecule has 0 radical (unpaired) electrons. The molecular formula is C20H22N4O2S2. The molecule has 0 N–H and O–H groups in total. The fourth-order valence-corrected chi connectivity index (χ4v) is 4.65. The van der Waals surface area contributed by atoms with Crippen LogP contribution in [0.1, 0.15) is 49.8 Å². The van der Waals surface area contributed by atoms with Crippen LogP contribution in [0.4, 0.5) is 0 Å². The summed E-state index contributed by atoms with van der Waals surface area (Å²) in [6, 6.07) is 8.60. The minimum Gasteiger partial charge on any atom is -0.414 e. The lowest BCUT2D eigenvalue weighted by atomic mass is 10.0. The van der Waals surface area contributed by atoms with Crippen molar-refractivity contribution in [3.8, 4) is 10.6 Å². The van der Waals surface area contributed by atoms with Crippen LogP contribution in [0.25, 0.3) is 10.6 Å². The van der Waals surface area contributed by atoms with Crippen molar-refractivity contribution < 1.29 is 9.21 Å². The van der Waals surface area contributed by atoms with Crippen molar-refractivity contribution in [2.45, 2.75) is 50.1 Å². The molecule has 146 valence electrons. The maximum absolute atomic E-state index is 11.7. The topological polar surface area (TPSA) is 72.1 Å². The summed E-state index contributed by atoms with van der Waals surface area (Å²) in [5.41, 5.74) is 3.47. The van der Waals surface area contributed by atoms with E-state index in [4.69, 9.17) is 9.40 Å². The maximum atomic E-state index is 11.7. The molecule has 0 aliphatic carbocycles.